The Morgan fingerprint density at radius 3 is 2.30 bits per heavy atom. The maximum absolute atomic E-state index is 13.3. The van der Waals surface area contributed by atoms with Gasteiger partial charge in [-0.25, -0.2) is 0 Å². The molecule has 0 saturated heterocycles. The fourth-order valence-corrected chi connectivity index (χ4v) is 3.07. The van der Waals surface area contributed by atoms with Crippen molar-refractivity contribution in [3.8, 4) is 40.1 Å². The van der Waals surface area contributed by atoms with Gasteiger partial charge in [0.05, 0.1) is 35.0 Å². The van der Waals surface area contributed by atoms with E-state index in [1.807, 2.05) is 0 Å². The van der Waals surface area contributed by atoms with Gasteiger partial charge in [0, 0.05) is 30.7 Å². The van der Waals surface area contributed by atoms with Crippen molar-refractivity contribution in [3.63, 3.8) is 0 Å². The molecule has 8 heteroatoms. The third kappa shape index (κ3) is 3.99. The highest BCUT2D eigenvalue weighted by molar-refractivity contribution is 5.88. The lowest BCUT2D eigenvalue weighted by atomic mass is 10.1. The molecule has 160 valence electrons. The van der Waals surface area contributed by atoms with E-state index >= 15 is 0 Å². The highest BCUT2D eigenvalue weighted by Gasteiger charge is 2.22. The predicted octanol–water partition coefficient (Wildman–Crippen LogP) is 3.26. The molecule has 0 aliphatic rings. The minimum absolute atomic E-state index is 0.0245. The fraction of sp³-hybridized carbons (Fsp3) is 0.318. The topological polar surface area (TPSA) is 96.6 Å². The Labute approximate surface area is 173 Å². The molecule has 2 aromatic carbocycles. The van der Waals surface area contributed by atoms with Crippen LogP contribution in [0.3, 0.4) is 0 Å². The molecule has 30 heavy (non-hydrogen) atoms. The van der Waals surface area contributed by atoms with Crippen LogP contribution < -0.4 is 29.1 Å². The first kappa shape index (κ1) is 21.3. The van der Waals surface area contributed by atoms with Crippen molar-refractivity contribution in [1.29, 1.82) is 0 Å². The molecule has 8 nitrogen and oxygen atoms in total. The largest absolute Gasteiger partial charge is 0.496 e. The number of hydrogen-bond acceptors (Lipinski definition) is 8. The molecular weight excluding hydrogens is 392 g/mol. The van der Waals surface area contributed by atoms with Crippen LogP contribution in [0, 0.1) is 0 Å². The molecule has 1 heterocycles. The monoisotopic (exact) mass is 416 g/mol. The molecule has 0 unspecified atom stereocenters. The van der Waals surface area contributed by atoms with Crippen molar-refractivity contribution in [2.75, 3.05) is 41.7 Å². The van der Waals surface area contributed by atoms with Crippen LogP contribution in [0.15, 0.2) is 39.5 Å². The van der Waals surface area contributed by atoms with Crippen LogP contribution in [-0.2, 0) is 0 Å². The zero-order valence-corrected chi connectivity index (χ0v) is 17.3. The van der Waals surface area contributed by atoms with E-state index in [-0.39, 0.29) is 41.1 Å². The van der Waals surface area contributed by atoms with Gasteiger partial charge >= 0.3 is 0 Å². The van der Waals surface area contributed by atoms with Crippen LogP contribution in [0.4, 0.5) is 0 Å². The molecule has 3 aromatic rings. The molecule has 0 saturated carbocycles. The fourth-order valence-electron chi connectivity index (χ4n) is 3.07. The van der Waals surface area contributed by atoms with Gasteiger partial charge in [-0.15, -0.1) is 0 Å². The Morgan fingerprint density at radius 2 is 1.67 bits per heavy atom. The van der Waals surface area contributed by atoms with Crippen molar-refractivity contribution in [1.82, 2.24) is 0 Å². The Kier molecular flexibility index (Phi) is 6.68. The summed E-state index contributed by atoms with van der Waals surface area (Å²) in [6.45, 7) is 0.210. The van der Waals surface area contributed by atoms with E-state index in [0.717, 1.165) is 0 Å². The van der Waals surface area contributed by atoms with Crippen LogP contribution >= 0.6 is 0 Å². The van der Waals surface area contributed by atoms with E-state index in [1.165, 1.54) is 21.3 Å². The van der Waals surface area contributed by atoms with Gasteiger partial charge in [0.15, 0.2) is 17.3 Å². The first-order valence-electron chi connectivity index (χ1n) is 9.26. The number of rotatable bonds is 9. The van der Waals surface area contributed by atoms with E-state index < -0.39 is 0 Å². The summed E-state index contributed by atoms with van der Waals surface area (Å²) in [6, 6.07) is 8.37. The van der Waals surface area contributed by atoms with Crippen molar-refractivity contribution in [3.05, 3.63) is 40.6 Å². The third-order valence-corrected chi connectivity index (χ3v) is 4.54. The molecule has 0 aliphatic carbocycles. The molecule has 0 radical (unpaired) electrons. The average Bonchev–Trinajstić information content (AvgIpc) is 2.78. The summed E-state index contributed by atoms with van der Waals surface area (Å²) >= 11 is 0. The first-order valence-corrected chi connectivity index (χ1v) is 9.26. The Morgan fingerprint density at radius 1 is 0.900 bits per heavy atom. The normalized spacial score (nSPS) is 10.7. The van der Waals surface area contributed by atoms with E-state index in [0.29, 0.717) is 35.0 Å². The van der Waals surface area contributed by atoms with E-state index in [9.17, 15) is 4.79 Å². The standard InChI is InChI=1S/C22H24O8/c1-25-14-11-17(29-9-5-8-23)19-18(12-14)30-21(22(28-4)20(19)24)13-6-7-15(26-2)16(10-13)27-3/h6-7,10-12,23H,5,8-9H2,1-4H3. The summed E-state index contributed by atoms with van der Waals surface area (Å²) < 4.78 is 33.1. The molecule has 0 amide bonds. The summed E-state index contributed by atoms with van der Waals surface area (Å²) in [7, 11) is 5.98. The third-order valence-electron chi connectivity index (χ3n) is 4.54. The highest BCUT2D eigenvalue weighted by Crippen LogP contribution is 2.39. The average molecular weight is 416 g/mol. The maximum atomic E-state index is 13.3. The van der Waals surface area contributed by atoms with Crippen molar-refractivity contribution in [2.24, 2.45) is 0 Å². The molecule has 3 rings (SSSR count). The number of ether oxygens (including phenoxy) is 5. The van der Waals surface area contributed by atoms with Crippen LogP contribution in [0.5, 0.6) is 28.7 Å². The van der Waals surface area contributed by atoms with Crippen molar-refractivity contribution in [2.45, 2.75) is 6.42 Å². The van der Waals surface area contributed by atoms with E-state index in [4.69, 9.17) is 33.2 Å². The van der Waals surface area contributed by atoms with Crippen molar-refractivity contribution >= 4 is 11.0 Å². The summed E-state index contributed by atoms with van der Waals surface area (Å²) in [4.78, 5) is 13.3. The second-order valence-corrected chi connectivity index (χ2v) is 6.29. The molecular formula is C22H24O8. The summed E-state index contributed by atoms with van der Waals surface area (Å²) in [5, 5.41) is 9.24. The lowest BCUT2D eigenvalue weighted by molar-refractivity contribution is 0.234. The maximum Gasteiger partial charge on any atom is 0.239 e. The Bertz CT molecular complexity index is 1090. The summed E-state index contributed by atoms with van der Waals surface area (Å²) in [6.07, 6.45) is 0.422. The summed E-state index contributed by atoms with van der Waals surface area (Å²) in [5.41, 5.74) is 0.475. The number of methoxy groups -OCH3 is 4. The second-order valence-electron chi connectivity index (χ2n) is 6.29. The highest BCUT2D eigenvalue weighted by atomic mass is 16.5. The molecule has 0 fully saturated rings. The van der Waals surface area contributed by atoms with Gasteiger partial charge in [-0.2, -0.15) is 0 Å². The minimum atomic E-state index is -0.384. The van der Waals surface area contributed by atoms with Crippen LogP contribution in [0.2, 0.25) is 0 Å². The van der Waals surface area contributed by atoms with Crippen LogP contribution in [0.1, 0.15) is 6.42 Å². The molecule has 0 bridgehead atoms. The zero-order chi connectivity index (χ0) is 21.7. The quantitative estimate of drug-likeness (QED) is 0.531. The van der Waals surface area contributed by atoms with E-state index in [2.05, 4.69) is 0 Å². The van der Waals surface area contributed by atoms with Gasteiger partial charge in [0.25, 0.3) is 0 Å². The first-order chi connectivity index (χ1) is 14.6. The van der Waals surface area contributed by atoms with Gasteiger partial charge < -0.3 is 33.2 Å². The smallest absolute Gasteiger partial charge is 0.239 e. The zero-order valence-electron chi connectivity index (χ0n) is 17.3. The number of aliphatic hydroxyl groups excluding tert-OH is 1. The lowest BCUT2D eigenvalue weighted by Crippen LogP contribution is -2.10. The van der Waals surface area contributed by atoms with E-state index in [1.54, 1.807) is 37.4 Å². The second kappa shape index (κ2) is 9.41. The van der Waals surface area contributed by atoms with Gasteiger partial charge in [-0.1, -0.05) is 0 Å². The van der Waals surface area contributed by atoms with Gasteiger partial charge in [-0.05, 0) is 18.2 Å². The molecule has 0 spiro atoms. The summed E-state index contributed by atoms with van der Waals surface area (Å²) in [5.74, 6) is 2.07. The Hall–Kier alpha value is -3.39. The van der Waals surface area contributed by atoms with Crippen LogP contribution in [-0.4, -0.2) is 46.8 Å². The Balaban J connectivity index is 2.25. The molecule has 0 aliphatic heterocycles. The molecule has 0 atom stereocenters. The van der Waals surface area contributed by atoms with Gasteiger partial charge in [-0.3, -0.25) is 4.79 Å². The number of benzene rings is 2. The van der Waals surface area contributed by atoms with Crippen LogP contribution in [0.25, 0.3) is 22.3 Å². The van der Waals surface area contributed by atoms with Crippen molar-refractivity contribution < 1.29 is 33.2 Å². The van der Waals surface area contributed by atoms with Gasteiger partial charge in [0.1, 0.15) is 22.5 Å². The van der Waals surface area contributed by atoms with Gasteiger partial charge in [0.2, 0.25) is 11.2 Å². The lowest BCUT2D eigenvalue weighted by Gasteiger charge is -2.14. The number of aliphatic hydroxyl groups is 1. The SMILES string of the molecule is COc1cc(OCCCO)c2c(=O)c(OC)c(-c3ccc(OC)c(OC)c3)oc2c1. The minimum Gasteiger partial charge on any atom is -0.496 e. The molecule has 1 N–H and O–H groups in total. The molecule has 1 aromatic heterocycles. The number of hydrogen-bond donors (Lipinski definition) is 1. The predicted molar refractivity (Wildman–Crippen MR) is 111 cm³/mol. The number of fused-ring (bicyclic) bond motifs is 1.